The van der Waals surface area contributed by atoms with Crippen LogP contribution in [0.5, 0.6) is 0 Å². The summed E-state index contributed by atoms with van der Waals surface area (Å²) in [5, 5.41) is 15.5. The van der Waals surface area contributed by atoms with E-state index in [0.29, 0.717) is 18.7 Å². The van der Waals surface area contributed by atoms with Gasteiger partial charge in [0.15, 0.2) is 0 Å². The molecule has 1 aromatic heterocycles. The van der Waals surface area contributed by atoms with E-state index in [1.54, 1.807) is 23.5 Å². The molecule has 194 valence electrons. The van der Waals surface area contributed by atoms with Gasteiger partial charge in [-0.05, 0) is 65.9 Å². The van der Waals surface area contributed by atoms with Gasteiger partial charge in [-0.3, -0.25) is 4.68 Å². The van der Waals surface area contributed by atoms with Crippen LogP contribution < -0.4 is 5.32 Å². The average Bonchev–Trinajstić information content (AvgIpc) is 3.18. The second-order valence-electron chi connectivity index (χ2n) is 10.2. The molecule has 6 rings (SSSR count). The minimum atomic E-state index is -3.69. The van der Waals surface area contributed by atoms with Crippen LogP contribution in [0, 0.1) is 24.1 Å². The Hall–Kier alpha value is -3.82. The van der Waals surface area contributed by atoms with Gasteiger partial charge < -0.3 is 10.7 Å². The van der Waals surface area contributed by atoms with Crippen LogP contribution in [0.25, 0.3) is 0 Å². The maximum Gasteiger partial charge on any atom is 0.246 e. The van der Waals surface area contributed by atoms with Crippen molar-refractivity contribution in [3.63, 3.8) is 0 Å². The number of aromatic nitrogens is 2. The number of nitrogens with one attached hydrogen (secondary N) is 2. The molecule has 9 heteroatoms. The summed E-state index contributed by atoms with van der Waals surface area (Å²) < 4.78 is 43.5. The molecule has 1 aliphatic carbocycles. The third-order valence-electron chi connectivity index (χ3n) is 8.00. The quantitative estimate of drug-likeness (QED) is 0.331. The van der Waals surface area contributed by atoms with E-state index in [1.807, 2.05) is 37.3 Å². The van der Waals surface area contributed by atoms with Crippen molar-refractivity contribution >= 4 is 27.6 Å². The lowest BCUT2D eigenvalue weighted by Crippen LogP contribution is -2.34. The lowest BCUT2D eigenvalue weighted by atomic mass is 9.86. The van der Waals surface area contributed by atoms with Crippen molar-refractivity contribution in [2.75, 3.05) is 18.4 Å². The number of anilines is 2. The molecule has 0 amide bonds. The van der Waals surface area contributed by atoms with Gasteiger partial charge >= 0.3 is 0 Å². The molecule has 1 saturated carbocycles. The van der Waals surface area contributed by atoms with Crippen molar-refractivity contribution in [2.24, 2.45) is 13.0 Å². The number of fused-ring (bicyclic) bond motifs is 1. The number of rotatable bonds is 7. The molecule has 2 fully saturated rings. The Kier molecular flexibility index (Phi) is 5.73. The lowest BCUT2D eigenvalue weighted by Gasteiger charge is -2.26. The molecular formula is C29H28FN5O2S. The zero-order valence-corrected chi connectivity index (χ0v) is 21.9. The van der Waals surface area contributed by atoms with Gasteiger partial charge in [0.2, 0.25) is 10.0 Å². The van der Waals surface area contributed by atoms with E-state index < -0.39 is 15.4 Å². The van der Waals surface area contributed by atoms with Crippen molar-refractivity contribution in [1.82, 2.24) is 14.1 Å². The molecule has 2 N–H and O–H groups in total. The number of hydrogen-bond donors (Lipinski definition) is 2. The first kappa shape index (κ1) is 24.5. The van der Waals surface area contributed by atoms with Gasteiger partial charge in [0, 0.05) is 60.8 Å². The summed E-state index contributed by atoms with van der Waals surface area (Å²) in [6, 6.07) is 20.4. The predicted octanol–water partition coefficient (Wildman–Crippen LogP) is 4.96. The molecule has 1 aliphatic heterocycles. The standard InChI is InChI=1S/C29H28FN5O2S/c1-19-12-27(33-23-10-8-22(30)9-11-23)21(14-31)13-25(19)29-18-35(38(36,37)24-15-32-34(2)16-24)17-26(29)28(29)20-6-4-3-5-7-20/h3-16,26,28,31,33H,17-18H2,1-2H3/t26-,28-,29+/m0/s1. The minimum absolute atomic E-state index is 0.115. The van der Waals surface area contributed by atoms with Crippen LogP contribution in [0.15, 0.2) is 84.0 Å². The molecule has 0 radical (unpaired) electrons. The molecule has 4 aromatic rings. The van der Waals surface area contributed by atoms with Gasteiger partial charge in [-0.25, -0.2) is 12.8 Å². The van der Waals surface area contributed by atoms with Gasteiger partial charge in [0.1, 0.15) is 10.7 Å². The number of halogens is 1. The fourth-order valence-corrected chi connectivity index (χ4v) is 7.73. The summed E-state index contributed by atoms with van der Waals surface area (Å²) in [4.78, 5) is 0.198. The van der Waals surface area contributed by atoms with Crippen LogP contribution in [0.4, 0.5) is 15.8 Å². The van der Waals surface area contributed by atoms with Gasteiger partial charge in [0.25, 0.3) is 0 Å². The summed E-state index contributed by atoms with van der Waals surface area (Å²) in [5.74, 6) is -0.0195. The summed E-state index contributed by atoms with van der Waals surface area (Å²) in [6.45, 7) is 2.81. The van der Waals surface area contributed by atoms with Crippen molar-refractivity contribution in [3.8, 4) is 0 Å². The van der Waals surface area contributed by atoms with Crippen molar-refractivity contribution < 1.29 is 12.8 Å². The Morgan fingerprint density at radius 2 is 1.87 bits per heavy atom. The SMILES string of the molecule is Cc1cc(Nc2ccc(F)cc2)c(C=N)cc1[C@]12CN(S(=O)(=O)c3cnn(C)c3)C[C@H]1[C@@H]2c1ccccc1. The number of piperidine rings is 1. The molecule has 0 bridgehead atoms. The van der Waals surface area contributed by atoms with E-state index in [9.17, 15) is 12.8 Å². The normalized spacial score (nSPS) is 22.7. The molecular weight excluding hydrogens is 501 g/mol. The van der Waals surface area contributed by atoms with E-state index in [4.69, 9.17) is 5.41 Å². The topological polar surface area (TPSA) is 91.1 Å². The first-order chi connectivity index (χ1) is 18.2. The average molecular weight is 530 g/mol. The van der Waals surface area contributed by atoms with Crippen molar-refractivity contribution in [3.05, 3.63) is 107 Å². The van der Waals surface area contributed by atoms with E-state index in [1.165, 1.54) is 41.0 Å². The highest BCUT2D eigenvalue weighted by atomic mass is 32.2. The Labute approximate surface area is 221 Å². The monoisotopic (exact) mass is 529 g/mol. The third-order valence-corrected chi connectivity index (χ3v) is 9.77. The fraction of sp³-hybridized carbons (Fsp3) is 0.241. The van der Waals surface area contributed by atoms with E-state index in [2.05, 4.69) is 22.5 Å². The maximum absolute atomic E-state index is 13.5. The zero-order chi connectivity index (χ0) is 26.7. The number of hydrogen-bond acceptors (Lipinski definition) is 5. The number of sulfonamides is 1. The smallest absolute Gasteiger partial charge is 0.246 e. The number of nitrogens with zero attached hydrogens (tertiary/aromatic N) is 3. The third kappa shape index (κ3) is 3.85. The van der Waals surface area contributed by atoms with Crippen LogP contribution in [-0.2, 0) is 22.5 Å². The van der Waals surface area contributed by atoms with E-state index in [-0.39, 0.29) is 22.5 Å². The van der Waals surface area contributed by atoms with Gasteiger partial charge in [-0.2, -0.15) is 9.40 Å². The first-order valence-corrected chi connectivity index (χ1v) is 13.9. The number of benzene rings is 3. The van der Waals surface area contributed by atoms with Gasteiger partial charge in [0.05, 0.1) is 6.20 Å². The summed E-state index contributed by atoms with van der Waals surface area (Å²) in [6.07, 6.45) is 4.24. The molecule has 0 spiro atoms. The summed E-state index contributed by atoms with van der Waals surface area (Å²) >= 11 is 0. The Bertz CT molecular complexity index is 1640. The molecule has 3 atom stereocenters. The van der Waals surface area contributed by atoms with E-state index in [0.717, 1.165) is 22.5 Å². The highest BCUT2D eigenvalue weighted by Gasteiger charge is 2.71. The largest absolute Gasteiger partial charge is 0.355 e. The second kappa shape index (κ2) is 8.89. The molecule has 3 aromatic carbocycles. The van der Waals surface area contributed by atoms with Gasteiger partial charge in [-0.15, -0.1) is 0 Å². The fourth-order valence-electron chi connectivity index (χ4n) is 6.23. The van der Waals surface area contributed by atoms with Gasteiger partial charge in [-0.1, -0.05) is 30.3 Å². The predicted molar refractivity (Wildman–Crippen MR) is 145 cm³/mol. The van der Waals surface area contributed by atoms with Crippen LogP contribution in [-0.4, -0.2) is 41.8 Å². The summed E-state index contributed by atoms with van der Waals surface area (Å²) in [7, 11) is -1.99. The van der Waals surface area contributed by atoms with Crippen molar-refractivity contribution in [1.29, 1.82) is 5.41 Å². The molecule has 1 saturated heterocycles. The Balaban J connectivity index is 1.41. The molecule has 0 unspecified atom stereocenters. The van der Waals surface area contributed by atoms with Crippen LogP contribution in [0.2, 0.25) is 0 Å². The number of aryl methyl sites for hydroxylation is 2. The van der Waals surface area contributed by atoms with E-state index >= 15 is 0 Å². The molecule has 2 heterocycles. The van der Waals surface area contributed by atoms with Crippen LogP contribution in [0.3, 0.4) is 0 Å². The molecule has 2 aliphatic rings. The molecule has 38 heavy (non-hydrogen) atoms. The van der Waals surface area contributed by atoms with Crippen molar-refractivity contribution in [2.45, 2.75) is 23.2 Å². The van der Waals surface area contributed by atoms with Crippen LogP contribution >= 0.6 is 0 Å². The van der Waals surface area contributed by atoms with Crippen LogP contribution in [0.1, 0.15) is 28.2 Å². The second-order valence-corrected chi connectivity index (χ2v) is 12.2. The Morgan fingerprint density at radius 3 is 2.53 bits per heavy atom. The maximum atomic E-state index is 13.5. The lowest BCUT2D eigenvalue weighted by molar-refractivity contribution is 0.421. The highest BCUT2D eigenvalue weighted by molar-refractivity contribution is 7.89. The Morgan fingerprint density at radius 1 is 1.13 bits per heavy atom. The summed E-state index contributed by atoms with van der Waals surface area (Å²) in [5.41, 5.74) is 5.03. The minimum Gasteiger partial charge on any atom is -0.355 e. The highest BCUT2D eigenvalue weighted by Crippen LogP contribution is 2.70. The zero-order valence-electron chi connectivity index (χ0n) is 21.1. The molecule has 7 nitrogen and oxygen atoms in total. The first-order valence-electron chi connectivity index (χ1n) is 12.5.